The maximum Gasteiger partial charge on any atom is 0.362 e. The van der Waals surface area contributed by atoms with E-state index in [1.807, 2.05) is 24.3 Å². The van der Waals surface area contributed by atoms with E-state index < -0.39 is 13.6 Å². The molecule has 4 aliphatic heterocycles. The predicted molar refractivity (Wildman–Crippen MR) is 268 cm³/mol. The Morgan fingerprint density at radius 1 is 0.797 bits per heavy atom. The van der Waals surface area contributed by atoms with Gasteiger partial charge < -0.3 is 39.1 Å². The number of rotatable bonds is 17. The van der Waals surface area contributed by atoms with Crippen molar-refractivity contribution < 1.29 is 32.7 Å². The molecule has 3 amide bonds. The van der Waals surface area contributed by atoms with E-state index in [4.69, 9.17) is 25.4 Å². The summed E-state index contributed by atoms with van der Waals surface area (Å²) in [7, 11) is 0.766. The molecule has 3 saturated heterocycles. The van der Waals surface area contributed by atoms with Gasteiger partial charge in [0.2, 0.25) is 17.8 Å². The zero-order valence-corrected chi connectivity index (χ0v) is 40.9. The Balaban J connectivity index is 0.714. The van der Waals surface area contributed by atoms with Crippen molar-refractivity contribution in [3.8, 4) is 5.75 Å². The van der Waals surface area contributed by atoms with Crippen molar-refractivity contribution in [2.24, 2.45) is 0 Å². The van der Waals surface area contributed by atoms with Crippen molar-refractivity contribution in [2.75, 3.05) is 82.7 Å². The summed E-state index contributed by atoms with van der Waals surface area (Å²) in [6.07, 6.45) is 6.99. The maximum atomic E-state index is 13.3. The minimum Gasteiger partial charge on any atom is -0.494 e. The van der Waals surface area contributed by atoms with Crippen LogP contribution in [0.5, 0.6) is 5.75 Å². The first-order valence-electron chi connectivity index (χ1n) is 23.6. The highest BCUT2D eigenvalue weighted by molar-refractivity contribution is 7.62. The van der Waals surface area contributed by atoms with Crippen molar-refractivity contribution in [1.82, 2.24) is 30.0 Å². The summed E-state index contributed by atoms with van der Waals surface area (Å²) >= 11 is 6.51. The van der Waals surface area contributed by atoms with E-state index >= 15 is 0 Å². The molecule has 4 aliphatic rings. The molecule has 18 heteroatoms. The van der Waals surface area contributed by atoms with Gasteiger partial charge in [-0.1, -0.05) is 60.1 Å². The van der Waals surface area contributed by atoms with Crippen LogP contribution in [-0.2, 0) is 49.0 Å². The summed E-state index contributed by atoms with van der Waals surface area (Å²) in [5.41, 5.74) is 7.67. The summed E-state index contributed by atoms with van der Waals surface area (Å²) in [6.45, 7) is 7.66. The number of halogens is 1. The molecule has 0 aliphatic carbocycles. The average Bonchev–Trinajstić information content (AvgIpc) is 3.72. The van der Waals surface area contributed by atoms with Crippen LogP contribution in [0, 0.1) is 0 Å². The largest absolute Gasteiger partial charge is 0.494 e. The maximum absolute atomic E-state index is 13.3. The molecule has 3 N–H and O–H groups in total. The van der Waals surface area contributed by atoms with Gasteiger partial charge in [-0.15, -0.1) is 0 Å². The molecule has 3 fully saturated rings. The lowest BCUT2D eigenvalue weighted by Gasteiger charge is -2.43. The highest BCUT2D eigenvalue weighted by Gasteiger charge is 2.40. The van der Waals surface area contributed by atoms with Crippen LogP contribution in [0.15, 0.2) is 91.1 Å². The average molecular weight is 977 g/mol. The number of para-hydroxylation sites is 1. The molecule has 1 aromatic heterocycles. The SMILES string of the molecule is COc1cc(N2CCC(N3CCN(CCc4ccc(CCc5cccc6c5CN(C5CCC(=O)NC5=O)C6=O)cc4)CC3)CC2)ccc1Nc1ncc(Cl)c(Nc2ccccc2P(=O)(OC)OC)n1. The molecule has 0 bridgehead atoms. The van der Waals surface area contributed by atoms with Crippen molar-refractivity contribution >= 4 is 71.1 Å². The fourth-order valence-electron chi connectivity index (χ4n) is 10.00. The van der Waals surface area contributed by atoms with E-state index in [1.54, 1.807) is 36.3 Å². The number of amides is 3. The number of carbonyl (C=O) groups excluding carboxylic acids is 3. The number of aromatic nitrogens is 2. The van der Waals surface area contributed by atoms with E-state index in [2.05, 4.69) is 77.0 Å². The zero-order chi connectivity index (χ0) is 48.1. The van der Waals surface area contributed by atoms with Gasteiger partial charge >= 0.3 is 7.60 Å². The number of nitrogens with zero attached hydrogens (tertiary/aromatic N) is 6. The first-order chi connectivity index (χ1) is 33.5. The van der Waals surface area contributed by atoms with Crippen LogP contribution >= 0.6 is 19.2 Å². The predicted octanol–water partition coefficient (Wildman–Crippen LogP) is 7.11. The third kappa shape index (κ3) is 10.8. The molecular weight excluding hydrogens is 917 g/mol. The van der Waals surface area contributed by atoms with E-state index in [0.29, 0.717) is 58.8 Å². The molecule has 362 valence electrons. The topological polar surface area (TPSA) is 171 Å². The molecule has 1 atom stereocenters. The Hall–Kier alpha value is -5.87. The van der Waals surface area contributed by atoms with Gasteiger partial charge in [-0.3, -0.25) is 29.2 Å². The van der Waals surface area contributed by atoms with Crippen LogP contribution in [0.1, 0.15) is 58.3 Å². The number of hydrogen-bond donors (Lipinski definition) is 3. The second-order valence-electron chi connectivity index (χ2n) is 17.9. The Bertz CT molecular complexity index is 2720. The quantitative estimate of drug-likeness (QED) is 0.0636. The molecule has 69 heavy (non-hydrogen) atoms. The number of aryl methyl sites for hydroxylation is 2. The monoisotopic (exact) mass is 975 g/mol. The number of piperazine rings is 1. The number of anilines is 5. The van der Waals surface area contributed by atoms with Gasteiger partial charge in [-0.2, -0.15) is 4.98 Å². The summed E-state index contributed by atoms with van der Waals surface area (Å²) < 4.78 is 29.5. The van der Waals surface area contributed by atoms with Gasteiger partial charge in [0.1, 0.15) is 16.8 Å². The first kappa shape index (κ1) is 48.2. The number of benzene rings is 4. The van der Waals surface area contributed by atoms with Crippen molar-refractivity contribution in [1.29, 1.82) is 0 Å². The number of piperidine rings is 2. The van der Waals surface area contributed by atoms with Crippen LogP contribution in [0.4, 0.5) is 28.8 Å². The molecular formula is C51H59ClN9O7P. The fourth-order valence-corrected chi connectivity index (χ4v) is 11.4. The summed E-state index contributed by atoms with van der Waals surface area (Å²) in [5.74, 6) is 0.481. The Labute approximate surface area is 408 Å². The van der Waals surface area contributed by atoms with E-state index in [9.17, 15) is 18.9 Å². The minimum absolute atomic E-state index is 0.131. The number of imide groups is 1. The van der Waals surface area contributed by atoms with Gasteiger partial charge in [-0.05, 0) is 91.1 Å². The summed E-state index contributed by atoms with van der Waals surface area (Å²) in [5, 5.41) is 9.46. The third-order valence-corrected chi connectivity index (χ3v) is 16.2. The number of nitrogens with one attached hydrogen (secondary N) is 3. The number of carbonyl (C=O) groups is 3. The van der Waals surface area contributed by atoms with Gasteiger partial charge in [0.05, 0.1) is 30.0 Å². The molecule has 4 aromatic carbocycles. The van der Waals surface area contributed by atoms with Gasteiger partial charge in [0.15, 0.2) is 5.82 Å². The lowest BCUT2D eigenvalue weighted by atomic mass is 9.97. The standard InChI is InChI=1S/C51H59ClN9O7P/c1-66-45-31-38(17-18-42(45)55-51-53-32-41(52)48(57-51)54-43-9-4-5-10-46(43)69(65,67-2)68-3)59-25-22-37(23-26-59)60-29-27-58(28-30-60)24-21-35-13-11-34(12-14-35)15-16-36-7-6-8-39-40(36)33-61(50(39)64)44-19-20-47(62)56-49(44)63/h4-14,17-18,31-32,37,44H,15-16,19-30,33H2,1-3H3,(H,56,62,63)(H2,53,54,55,57). The number of methoxy groups -OCH3 is 1. The van der Waals surface area contributed by atoms with E-state index in [0.717, 1.165) is 94.7 Å². The number of fused-ring (bicyclic) bond motifs is 1. The van der Waals surface area contributed by atoms with Crippen LogP contribution in [0.25, 0.3) is 0 Å². The Morgan fingerprint density at radius 2 is 1.54 bits per heavy atom. The summed E-state index contributed by atoms with van der Waals surface area (Å²) in [4.78, 5) is 55.8. The molecule has 0 spiro atoms. The molecule has 0 radical (unpaired) electrons. The molecule has 1 unspecified atom stereocenters. The number of hydrogen-bond acceptors (Lipinski definition) is 14. The van der Waals surface area contributed by atoms with Crippen LogP contribution in [-0.4, -0.2) is 122 Å². The Morgan fingerprint density at radius 3 is 2.26 bits per heavy atom. The van der Waals surface area contributed by atoms with Gasteiger partial charge in [0, 0.05) is 96.4 Å². The van der Waals surface area contributed by atoms with Crippen molar-refractivity contribution in [3.63, 3.8) is 0 Å². The minimum atomic E-state index is -3.56. The molecule has 9 rings (SSSR count). The highest BCUT2D eigenvalue weighted by Crippen LogP contribution is 2.47. The third-order valence-electron chi connectivity index (χ3n) is 14.0. The second-order valence-corrected chi connectivity index (χ2v) is 20.5. The van der Waals surface area contributed by atoms with Crippen LogP contribution < -0.4 is 30.9 Å². The number of ether oxygens (including phenoxy) is 1. The van der Waals surface area contributed by atoms with Gasteiger partial charge in [0.25, 0.3) is 5.91 Å². The van der Waals surface area contributed by atoms with E-state index in [1.165, 1.54) is 31.5 Å². The van der Waals surface area contributed by atoms with Gasteiger partial charge in [-0.25, -0.2) is 4.98 Å². The summed E-state index contributed by atoms with van der Waals surface area (Å²) in [6, 6.07) is 27.9. The molecule has 5 heterocycles. The zero-order valence-electron chi connectivity index (χ0n) is 39.3. The fraction of sp³-hybridized carbons (Fsp3) is 0.392. The Kier molecular flexibility index (Phi) is 14.9. The first-order valence-corrected chi connectivity index (χ1v) is 25.5. The second kappa shape index (κ2) is 21.4. The normalized spacial score (nSPS) is 18.3. The van der Waals surface area contributed by atoms with E-state index in [-0.39, 0.29) is 29.2 Å². The smallest absolute Gasteiger partial charge is 0.362 e. The van der Waals surface area contributed by atoms with Crippen molar-refractivity contribution in [3.05, 3.63) is 124 Å². The molecule has 0 saturated carbocycles. The highest BCUT2D eigenvalue weighted by atomic mass is 35.5. The van der Waals surface area contributed by atoms with Crippen molar-refractivity contribution in [2.45, 2.75) is 63.6 Å². The lowest BCUT2D eigenvalue weighted by Crippen LogP contribution is -2.53. The van der Waals surface area contributed by atoms with Crippen LogP contribution in [0.2, 0.25) is 5.02 Å². The lowest BCUT2D eigenvalue weighted by molar-refractivity contribution is -0.136. The van der Waals surface area contributed by atoms with Crippen LogP contribution in [0.3, 0.4) is 0 Å². The molecule has 16 nitrogen and oxygen atoms in total. The molecule has 5 aromatic rings.